The van der Waals surface area contributed by atoms with Crippen molar-refractivity contribution in [2.24, 2.45) is 5.41 Å². The molecule has 3 aliphatic heterocycles. The Labute approximate surface area is 105 Å². The number of Topliss-reactive ketones (excluding diaryl/α,β-unsaturated/α-hetero) is 1. The predicted molar refractivity (Wildman–Crippen MR) is 60.6 cm³/mol. The van der Waals surface area contributed by atoms with E-state index >= 15 is 0 Å². The summed E-state index contributed by atoms with van der Waals surface area (Å²) in [6.07, 6.45) is 0.132. The summed E-state index contributed by atoms with van der Waals surface area (Å²) in [5.74, 6) is -3.62. The number of hydrogen-bond donors (Lipinski definition) is 1. The molecule has 0 aromatic carbocycles. The third-order valence-corrected chi connectivity index (χ3v) is 4.41. The number of carbonyl (C=O) groups is 1. The van der Waals surface area contributed by atoms with Crippen LogP contribution in [0.4, 0.5) is 8.78 Å². The molecule has 3 saturated heterocycles. The SMILES string of the molecule is CCOCC1(CO)C(=O)C2(C)CCN1CC2(F)F. The Morgan fingerprint density at radius 3 is 2.67 bits per heavy atom. The number of hydrogen-bond acceptors (Lipinski definition) is 4. The summed E-state index contributed by atoms with van der Waals surface area (Å²) in [7, 11) is 0. The van der Waals surface area contributed by atoms with Gasteiger partial charge < -0.3 is 9.84 Å². The minimum Gasteiger partial charge on any atom is -0.394 e. The predicted octanol–water partition coefficient (Wildman–Crippen LogP) is 0.684. The van der Waals surface area contributed by atoms with Crippen LogP contribution in [0.15, 0.2) is 0 Å². The van der Waals surface area contributed by atoms with Crippen molar-refractivity contribution in [2.75, 3.05) is 32.9 Å². The molecule has 3 aliphatic rings. The monoisotopic (exact) mass is 263 g/mol. The summed E-state index contributed by atoms with van der Waals surface area (Å²) in [6, 6.07) is 0. The second-order valence-corrected chi connectivity index (χ2v) is 5.36. The van der Waals surface area contributed by atoms with Crippen LogP contribution >= 0.6 is 0 Å². The molecule has 1 N–H and O–H groups in total. The van der Waals surface area contributed by atoms with Crippen LogP contribution < -0.4 is 0 Å². The third-order valence-electron chi connectivity index (χ3n) is 4.41. The lowest BCUT2D eigenvalue weighted by Crippen LogP contribution is -2.78. The van der Waals surface area contributed by atoms with Crippen LogP contribution in [0.5, 0.6) is 0 Å². The largest absolute Gasteiger partial charge is 0.394 e. The van der Waals surface area contributed by atoms with Gasteiger partial charge in [-0.15, -0.1) is 0 Å². The van der Waals surface area contributed by atoms with E-state index in [1.165, 1.54) is 11.8 Å². The molecule has 3 fully saturated rings. The first-order valence-electron chi connectivity index (χ1n) is 6.20. The number of alkyl halides is 2. The van der Waals surface area contributed by atoms with Gasteiger partial charge in [-0.2, -0.15) is 0 Å². The maximum atomic E-state index is 14.0. The van der Waals surface area contributed by atoms with Gasteiger partial charge >= 0.3 is 0 Å². The standard InChI is InChI=1S/C12H19F2NO3/c1-3-18-8-11(7-16)9(17)10(2)4-5-15(11)6-12(10,13)14/h16H,3-8H2,1-2H3. The first kappa shape index (κ1) is 13.8. The van der Waals surface area contributed by atoms with Crippen molar-refractivity contribution in [1.29, 1.82) is 0 Å². The number of carbonyl (C=O) groups excluding carboxylic acids is 1. The second kappa shape index (κ2) is 4.21. The first-order valence-corrected chi connectivity index (χ1v) is 6.20. The second-order valence-electron chi connectivity index (χ2n) is 5.36. The molecule has 0 saturated carbocycles. The van der Waals surface area contributed by atoms with Crippen LogP contribution in [-0.4, -0.2) is 60.2 Å². The van der Waals surface area contributed by atoms with Gasteiger partial charge in [0.25, 0.3) is 5.92 Å². The minimum absolute atomic E-state index is 0.0233. The molecule has 0 amide bonds. The average Bonchev–Trinajstić information content (AvgIpc) is 2.32. The van der Waals surface area contributed by atoms with E-state index in [1.807, 2.05) is 0 Å². The molecule has 3 heterocycles. The Morgan fingerprint density at radius 2 is 2.17 bits per heavy atom. The fraction of sp³-hybridized carbons (Fsp3) is 0.917. The molecular formula is C12H19F2NO3. The van der Waals surface area contributed by atoms with Gasteiger partial charge in [0, 0.05) is 13.2 Å². The Morgan fingerprint density at radius 1 is 1.50 bits per heavy atom. The van der Waals surface area contributed by atoms with Crippen molar-refractivity contribution < 1.29 is 23.4 Å². The van der Waals surface area contributed by atoms with Gasteiger partial charge in [0.15, 0.2) is 5.78 Å². The Kier molecular flexibility index (Phi) is 3.24. The molecule has 3 rings (SSSR count). The van der Waals surface area contributed by atoms with E-state index < -0.39 is 35.8 Å². The van der Waals surface area contributed by atoms with Gasteiger partial charge in [0.1, 0.15) is 5.54 Å². The van der Waals surface area contributed by atoms with Crippen LogP contribution in [0.25, 0.3) is 0 Å². The fourth-order valence-corrected chi connectivity index (χ4v) is 2.98. The summed E-state index contributed by atoms with van der Waals surface area (Å²) < 4.78 is 33.1. The smallest absolute Gasteiger partial charge is 0.272 e. The number of ether oxygens (including phenoxy) is 1. The van der Waals surface area contributed by atoms with Crippen molar-refractivity contribution in [2.45, 2.75) is 31.7 Å². The lowest BCUT2D eigenvalue weighted by Gasteiger charge is -2.59. The van der Waals surface area contributed by atoms with Gasteiger partial charge in [-0.3, -0.25) is 9.69 Å². The van der Waals surface area contributed by atoms with Crippen LogP contribution in [-0.2, 0) is 9.53 Å². The molecule has 3 unspecified atom stereocenters. The summed E-state index contributed by atoms with van der Waals surface area (Å²) in [6.45, 7) is 2.87. The molecule has 18 heavy (non-hydrogen) atoms. The zero-order valence-corrected chi connectivity index (χ0v) is 10.7. The molecular weight excluding hydrogens is 244 g/mol. The Balaban J connectivity index is 2.38. The molecule has 4 nitrogen and oxygen atoms in total. The quantitative estimate of drug-likeness (QED) is 0.810. The maximum absolute atomic E-state index is 14.0. The number of aliphatic hydroxyl groups excluding tert-OH is 1. The van der Waals surface area contributed by atoms with E-state index in [0.29, 0.717) is 13.2 Å². The number of ketones is 1. The van der Waals surface area contributed by atoms with E-state index in [1.54, 1.807) is 6.92 Å². The van der Waals surface area contributed by atoms with Crippen molar-refractivity contribution in [1.82, 2.24) is 4.90 Å². The van der Waals surface area contributed by atoms with Gasteiger partial charge in [-0.05, 0) is 20.3 Å². The average molecular weight is 263 g/mol. The molecule has 3 atom stereocenters. The van der Waals surface area contributed by atoms with E-state index in [0.717, 1.165) is 0 Å². The van der Waals surface area contributed by atoms with Crippen molar-refractivity contribution in [3.8, 4) is 0 Å². The summed E-state index contributed by atoms with van der Waals surface area (Å²) in [4.78, 5) is 13.8. The molecule has 0 spiro atoms. The van der Waals surface area contributed by atoms with Gasteiger partial charge in [-0.25, -0.2) is 8.78 Å². The Bertz CT molecular complexity index is 363. The zero-order valence-electron chi connectivity index (χ0n) is 10.7. The minimum atomic E-state index is -3.03. The molecule has 0 aromatic heterocycles. The van der Waals surface area contributed by atoms with Crippen molar-refractivity contribution in [3.05, 3.63) is 0 Å². The molecule has 0 aliphatic carbocycles. The van der Waals surface area contributed by atoms with E-state index in [4.69, 9.17) is 4.74 Å². The fourth-order valence-electron chi connectivity index (χ4n) is 2.98. The van der Waals surface area contributed by atoms with Crippen molar-refractivity contribution in [3.63, 3.8) is 0 Å². The Hall–Kier alpha value is -0.590. The normalized spacial score (nSPS) is 42.3. The molecule has 0 radical (unpaired) electrons. The van der Waals surface area contributed by atoms with Gasteiger partial charge in [0.05, 0.1) is 25.2 Å². The van der Waals surface area contributed by atoms with E-state index in [9.17, 15) is 18.7 Å². The van der Waals surface area contributed by atoms with Crippen LogP contribution in [0.1, 0.15) is 20.3 Å². The van der Waals surface area contributed by atoms with Gasteiger partial charge in [-0.1, -0.05) is 0 Å². The molecule has 6 heteroatoms. The summed E-state index contributed by atoms with van der Waals surface area (Å²) in [5, 5.41) is 9.56. The zero-order chi connectivity index (χ0) is 13.6. The highest BCUT2D eigenvalue weighted by Gasteiger charge is 2.70. The number of fused-ring (bicyclic) bond motifs is 3. The van der Waals surface area contributed by atoms with Crippen LogP contribution in [0.3, 0.4) is 0 Å². The lowest BCUT2D eigenvalue weighted by atomic mass is 9.62. The molecule has 2 bridgehead atoms. The number of rotatable bonds is 4. The third kappa shape index (κ3) is 1.55. The number of aliphatic hydroxyl groups is 1. The first-order chi connectivity index (χ1) is 8.34. The van der Waals surface area contributed by atoms with Crippen molar-refractivity contribution >= 4 is 5.78 Å². The lowest BCUT2D eigenvalue weighted by molar-refractivity contribution is -0.232. The van der Waals surface area contributed by atoms with Crippen LogP contribution in [0.2, 0.25) is 0 Å². The van der Waals surface area contributed by atoms with E-state index in [2.05, 4.69) is 0 Å². The molecule has 104 valence electrons. The number of nitrogens with zero attached hydrogens (tertiary/aromatic N) is 1. The summed E-state index contributed by atoms with van der Waals surface area (Å²) >= 11 is 0. The number of halogens is 2. The highest BCUT2D eigenvalue weighted by Crippen LogP contribution is 2.53. The van der Waals surface area contributed by atoms with Gasteiger partial charge in [0.2, 0.25) is 0 Å². The van der Waals surface area contributed by atoms with E-state index in [-0.39, 0.29) is 13.0 Å². The molecule has 0 aromatic rings. The highest BCUT2D eigenvalue weighted by atomic mass is 19.3. The van der Waals surface area contributed by atoms with Crippen LogP contribution in [0, 0.1) is 5.41 Å². The maximum Gasteiger partial charge on any atom is 0.272 e. The summed E-state index contributed by atoms with van der Waals surface area (Å²) in [5.41, 5.74) is -2.97. The topological polar surface area (TPSA) is 49.8 Å². The highest BCUT2D eigenvalue weighted by molar-refractivity contribution is 5.96. The number of piperidine rings is 3.